The molecule has 0 spiro atoms. The second-order valence-corrected chi connectivity index (χ2v) is 20.4. The van der Waals surface area contributed by atoms with Crippen LogP contribution in [0.3, 0.4) is 0 Å². The zero-order valence-corrected chi connectivity index (χ0v) is 45.6. The molecule has 1 fully saturated rings. The fourth-order valence-electron chi connectivity index (χ4n) is 9.01. The third-order valence-electron chi connectivity index (χ3n) is 13.7. The summed E-state index contributed by atoms with van der Waals surface area (Å²) < 4.78 is 17.6. The van der Waals surface area contributed by atoms with Crippen molar-refractivity contribution in [1.82, 2.24) is 5.32 Å². The van der Waals surface area contributed by atoms with Gasteiger partial charge >= 0.3 is 5.97 Å². The summed E-state index contributed by atoms with van der Waals surface area (Å²) in [7, 11) is 0. The van der Waals surface area contributed by atoms with Gasteiger partial charge in [-0.1, -0.05) is 236 Å². The van der Waals surface area contributed by atoms with Crippen LogP contribution in [0.4, 0.5) is 0 Å². The highest BCUT2D eigenvalue weighted by atomic mass is 16.7. The van der Waals surface area contributed by atoms with E-state index < -0.39 is 67.4 Å². The van der Waals surface area contributed by atoms with E-state index >= 15 is 0 Å². The molecule has 11 nitrogen and oxygen atoms in total. The van der Waals surface area contributed by atoms with Crippen LogP contribution in [0.25, 0.3) is 0 Å². The maximum absolute atomic E-state index is 13.4. The minimum atomic E-state index is -1.62. The summed E-state index contributed by atoms with van der Waals surface area (Å²) in [5, 5.41) is 56.8. The molecule has 1 aliphatic rings. The van der Waals surface area contributed by atoms with Gasteiger partial charge in [-0.25, -0.2) is 0 Å². The van der Waals surface area contributed by atoms with E-state index in [0.29, 0.717) is 19.3 Å². The number of amides is 1. The zero-order valence-electron chi connectivity index (χ0n) is 45.6. The van der Waals surface area contributed by atoms with Crippen LogP contribution in [-0.4, -0.2) is 99.6 Å². The Hall–Kier alpha value is -2.38. The smallest absolute Gasteiger partial charge is 0.306 e. The van der Waals surface area contributed by atoms with Crippen LogP contribution in [0.5, 0.6) is 0 Å². The van der Waals surface area contributed by atoms with Crippen LogP contribution in [0, 0.1) is 0 Å². The van der Waals surface area contributed by atoms with Gasteiger partial charge in [0.15, 0.2) is 12.4 Å². The highest BCUT2D eigenvalue weighted by molar-refractivity contribution is 5.80. The van der Waals surface area contributed by atoms with E-state index in [-0.39, 0.29) is 13.0 Å². The first-order chi connectivity index (χ1) is 34.7. The summed E-state index contributed by atoms with van der Waals surface area (Å²) in [6, 6.07) is -1.02. The maximum atomic E-state index is 13.4. The fraction of sp³-hybridized carbons (Fsp3) is 0.833. The van der Waals surface area contributed by atoms with Crippen molar-refractivity contribution in [2.45, 2.75) is 307 Å². The van der Waals surface area contributed by atoms with Gasteiger partial charge in [0.05, 0.1) is 25.4 Å². The van der Waals surface area contributed by atoms with Crippen LogP contribution in [-0.2, 0) is 23.8 Å². The van der Waals surface area contributed by atoms with E-state index in [9.17, 15) is 35.1 Å². The van der Waals surface area contributed by atoms with Gasteiger partial charge in [-0.3, -0.25) is 9.59 Å². The topological polar surface area (TPSA) is 175 Å². The van der Waals surface area contributed by atoms with Crippen molar-refractivity contribution < 1.29 is 49.3 Å². The van der Waals surface area contributed by atoms with Crippen molar-refractivity contribution in [3.63, 3.8) is 0 Å². The minimum absolute atomic E-state index is 0.0987. The Morgan fingerprint density at radius 2 is 0.972 bits per heavy atom. The number of aliphatic hydroxyl groups is 5. The monoisotopic (exact) mass is 1000 g/mol. The molecule has 1 rings (SSSR count). The van der Waals surface area contributed by atoms with Crippen molar-refractivity contribution in [2.75, 3.05) is 13.2 Å². The number of ether oxygens (including phenoxy) is 3. The van der Waals surface area contributed by atoms with Crippen LogP contribution in [0.1, 0.15) is 258 Å². The lowest BCUT2D eigenvalue weighted by Crippen LogP contribution is -2.61. The molecule has 1 saturated heterocycles. The number of rotatable bonds is 49. The quantitative estimate of drug-likeness (QED) is 0.0195. The molecule has 0 aromatic rings. The molecule has 8 atom stereocenters. The Labute approximate surface area is 434 Å². The van der Waals surface area contributed by atoms with Gasteiger partial charge in [-0.2, -0.15) is 0 Å². The molecule has 0 aromatic heterocycles. The largest absolute Gasteiger partial charge is 0.454 e. The normalized spacial score (nSPS) is 19.9. The molecule has 0 aromatic carbocycles. The second kappa shape index (κ2) is 48.6. The predicted octanol–water partition coefficient (Wildman–Crippen LogP) is 13.3. The molecule has 414 valence electrons. The van der Waals surface area contributed by atoms with Gasteiger partial charge in [0.2, 0.25) is 5.91 Å². The van der Waals surface area contributed by atoms with E-state index in [1.165, 1.54) is 128 Å². The van der Waals surface area contributed by atoms with Gasteiger partial charge in [-0.05, 0) is 64.2 Å². The molecule has 0 saturated carbocycles. The lowest BCUT2D eigenvalue weighted by atomic mass is 9.99. The number of aliphatic hydroxyl groups excluding tert-OH is 5. The summed E-state index contributed by atoms with van der Waals surface area (Å²) in [6.45, 7) is 5.74. The van der Waals surface area contributed by atoms with E-state index in [2.05, 4.69) is 62.5 Å². The Kier molecular flexibility index (Phi) is 45.6. The van der Waals surface area contributed by atoms with E-state index in [4.69, 9.17) is 14.2 Å². The predicted molar refractivity (Wildman–Crippen MR) is 292 cm³/mol. The number of esters is 1. The number of unbranched alkanes of at least 4 members (excludes halogenated alkanes) is 29. The number of allylic oxidation sites excluding steroid dienone is 7. The molecule has 11 heteroatoms. The highest BCUT2D eigenvalue weighted by Crippen LogP contribution is 2.26. The third kappa shape index (κ3) is 37.1. The standard InChI is InChI=1S/C60H109NO10/c1-4-7-10-13-16-19-22-24-26-27-28-30-33-36-39-42-45-48-55(65)71-58-57(67)56(66)54(49-62)70-60(58)69-50-51(52(63)46-43-40-37-34-31-21-18-15-12-9-6-3)61-59(68)53(64)47-44-41-38-35-32-29-25-23-20-17-14-11-8-5-2/h16,19,24,26,28,30,43,46,51-54,56-58,60,62-64,66-67H,4-15,17-18,20-23,25,27,29,31-42,44-45,47-50H2,1-3H3,(H,61,68)/b19-16-,26-24-,30-28-,46-43+. The molecule has 1 aliphatic heterocycles. The first-order valence-electron chi connectivity index (χ1n) is 29.4. The summed E-state index contributed by atoms with van der Waals surface area (Å²) in [5.41, 5.74) is 0. The molecular weight excluding hydrogens is 895 g/mol. The van der Waals surface area contributed by atoms with E-state index in [1.807, 2.05) is 6.08 Å². The molecule has 0 bridgehead atoms. The van der Waals surface area contributed by atoms with Crippen LogP contribution < -0.4 is 5.32 Å². The first-order valence-corrected chi connectivity index (χ1v) is 29.4. The molecule has 1 amide bonds. The second-order valence-electron chi connectivity index (χ2n) is 20.4. The van der Waals surface area contributed by atoms with Crippen molar-refractivity contribution in [2.24, 2.45) is 0 Å². The SMILES string of the molecule is CCCCC/C=C\C/C=C\C/C=C\CCCCCCC(=O)OC1C(OCC(NC(=O)C(O)CCCCCCCCCCCCCCCC)C(O)/C=C/CCCCCCCCCCC)OC(CO)C(O)C1O. The molecule has 1 heterocycles. The summed E-state index contributed by atoms with van der Waals surface area (Å²) in [4.78, 5) is 26.4. The average Bonchev–Trinajstić information content (AvgIpc) is 3.37. The molecule has 71 heavy (non-hydrogen) atoms. The molecule has 0 aliphatic carbocycles. The van der Waals surface area contributed by atoms with Crippen molar-refractivity contribution in [3.05, 3.63) is 48.6 Å². The number of hydrogen-bond acceptors (Lipinski definition) is 10. The van der Waals surface area contributed by atoms with Crippen LogP contribution in [0.2, 0.25) is 0 Å². The van der Waals surface area contributed by atoms with Crippen molar-refractivity contribution in [1.29, 1.82) is 0 Å². The number of carbonyl (C=O) groups excluding carboxylic acids is 2. The Balaban J connectivity index is 2.72. The molecular formula is C60H109NO10. The summed E-state index contributed by atoms with van der Waals surface area (Å²) in [5.74, 6) is -1.21. The van der Waals surface area contributed by atoms with Crippen molar-refractivity contribution in [3.8, 4) is 0 Å². The first kappa shape index (κ1) is 66.6. The van der Waals surface area contributed by atoms with Gasteiger partial charge in [-0.15, -0.1) is 0 Å². The van der Waals surface area contributed by atoms with Gasteiger partial charge in [0.25, 0.3) is 0 Å². The number of nitrogens with one attached hydrogen (secondary N) is 1. The third-order valence-corrected chi connectivity index (χ3v) is 13.7. The Morgan fingerprint density at radius 1 is 0.549 bits per heavy atom. The average molecular weight is 1000 g/mol. The van der Waals surface area contributed by atoms with Gasteiger partial charge < -0.3 is 45.1 Å². The lowest BCUT2D eigenvalue weighted by molar-refractivity contribution is -0.305. The van der Waals surface area contributed by atoms with Crippen LogP contribution in [0.15, 0.2) is 48.6 Å². The highest BCUT2D eigenvalue weighted by Gasteiger charge is 2.47. The number of hydrogen-bond donors (Lipinski definition) is 6. The van der Waals surface area contributed by atoms with E-state index in [0.717, 1.165) is 83.5 Å². The summed E-state index contributed by atoms with van der Waals surface area (Å²) >= 11 is 0. The molecule has 6 N–H and O–H groups in total. The molecule has 0 radical (unpaired) electrons. The maximum Gasteiger partial charge on any atom is 0.306 e. The Morgan fingerprint density at radius 3 is 1.48 bits per heavy atom. The van der Waals surface area contributed by atoms with E-state index in [1.54, 1.807) is 6.08 Å². The fourth-order valence-corrected chi connectivity index (χ4v) is 9.01. The van der Waals surface area contributed by atoms with Gasteiger partial charge in [0, 0.05) is 6.42 Å². The number of carbonyl (C=O) groups is 2. The zero-order chi connectivity index (χ0) is 51.8. The van der Waals surface area contributed by atoms with Gasteiger partial charge in [0.1, 0.15) is 24.4 Å². The van der Waals surface area contributed by atoms with Crippen molar-refractivity contribution >= 4 is 11.9 Å². The minimum Gasteiger partial charge on any atom is -0.454 e. The molecule has 8 unspecified atom stereocenters. The lowest BCUT2D eigenvalue weighted by Gasteiger charge is -2.41. The van der Waals surface area contributed by atoms with Crippen LogP contribution >= 0.6 is 0 Å². The summed E-state index contributed by atoms with van der Waals surface area (Å²) in [6.07, 6.45) is 47.2. The Bertz CT molecular complexity index is 1340.